The van der Waals surface area contributed by atoms with E-state index in [0.29, 0.717) is 10.8 Å². The van der Waals surface area contributed by atoms with Gasteiger partial charge in [-0.05, 0) is 35.4 Å². The Balaban J connectivity index is 1.69. The minimum atomic E-state index is -0.118. The zero-order valence-corrected chi connectivity index (χ0v) is 14.8. The number of thioether (sulfide) groups is 1. The van der Waals surface area contributed by atoms with E-state index in [9.17, 15) is 4.79 Å². The zero-order valence-electron chi connectivity index (χ0n) is 11.6. The molecule has 0 saturated heterocycles. The van der Waals surface area contributed by atoms with E-state index < -0.39 is 0 Å². The summed E-state index contributed by atoms with van der Waals surface area (Å²) in [6.07, 6.45) is 1.59. The molecular formula is C16H14BrClN2OS. The molecule has 2 rings (SSSR count). The molecular weight excluding hydrogens is 384 g/mol. The second-order valence-corrected chi connectivity index (χ2v) is 6.80. The minimum Gasteiger partial charge on any atom is -0.272 e. The number of halogens is 2. The molecule has 0 atom stereocenters. The Morgan fingerprint density at radius 1 is 1.18 bits per heavy atom. The number of rotatable bonds is 6. The van der Waals surface area contributed by atoms with Gasteiger partial charge in [0.15, 0.2) is 0 Å². The molecule has 22 heavy (non-hydrogen) atoms. The molecule has 3 nitrogen and oxygen atoms in total. The van der Waals surface area contributed by atoms with Crippen LogP contribution in [0.15, 0.2) is 58.1 Å². The first kappa shape index (κ1) is 17.1. The summed E-state index contributed by atoms with van der Waals surface area (Å²) in [4.78, 5) is 11.7. The predicted molar refractivity (Wildman–Crippen MR) is 97.5 cm³/mol. The van der Waals surface area contributed by atoms with Crippen LogP contribution in [0.4, 0.5) is 0 Å². The normalized spacial score (nSPS) is 10.8. The van der Waals surface area contributed by atoms with Crippen LogP contribution in [0.5, 0.6) is 0 Å². The van der Waals surface area contributed by atoms with Crippen LogP contribution in [0, 0.1) is 0 Å². The van der Waals surface area contributed by atoms with Crippen LogP contribution in [0.2, 0.25) is 5.02 Å². The third kappa shape index (κ3) is 6.22. The van der Waals surface area contributed by atoms with Gasteiger partial charge in [-0.3, -0.25) is 4.79 Å². The van der Waals surface area contributed by atoms with Crippen LogP contribution in [-0.2, 0) is 10.5 Å². The van der Waals surface area contributed by atoms with Gasteiger partial charge in [0.1, 0.15) is 0 Å². The first-order valence-corrected chi connectivity index (χ1v) is 8.86. The third-order valence-corrected chi connectivity index (χ3v) is 4.47. The van der Waals surface area contributed by atoms with Crippen molar-refractivity contribution in [3.05, 3.63) is 69.2 Å². The molecule has 0 unspecified atom stereocenters. The molecule has 2 aromatic carbocycles. The van der Waals surface area contributed by atoms with Crippen LogP contribution in [0.3, 0.4) is 0 Å². The van der Waals surface area contributed by atoms with E-state index in [0.717, 1.165) is 15.8 Å². The van der Waals surface area contributed by atoms with E-state index in [1.54, 1.807) is 30.1 Å². The molecule has 0 aliphatic rings. The molecule has 6 heteroatoms. The maximum Gasteiger partial charge on any atom is 0.250 e. The van der Waals surface area contributed by atoms with E-state index in [4.69, 9.17) is 11.6 Å². The van der Waals surface area contributed by atoms with Gasteiger partial charge in [-0.25, -0.2) is 5.43 Å². The van der Waals surface area contributed by atoms with Gasteiger partial charge in [-0.15, -0.1) is 11.8 Å². The van der Waals surface area contributed by atoms with Crippen molar-refractivity contribution in [3.8, 4) is 0 Å². The molecule has 0 aromatic heterocycles. The van der Waals surface area contributed by atoms with Crippen molar-refractivity contribution in [2.75, 3.05) is 5.75 Å². The van der Waals surface area contributed by atoms with Crippen molar-refractivity contribution in [1.82, 2.24) is 5.43 Å². The van der Waals surface area contributed by atoms with E-state index in [-0.39, 0.29) is 5.91 Å². The Morgan fingerprint density at radius 2 is 1.86 bits per heavy atom. The second kappa shape index (κ2) is 8.98. The van der Waals surface area contributed by atoms with Gasteiger partial charge in [0, 0.05) is 15.2 Å². The number of hydrogen-bond acceptors (Lipinski definition) is 3. The van der Waals surface area contributed by atoms with Gasteiger partial charge in [-0.2, -0.15) is 5.10 Å². The Kier molecular flexibility index (Phi) is 6.96. The van der Waals surface area contributed by atoms with Gasteiger partial charge in [0.2, 0.25) is 5.91 Å². The number of amides is 1. The fourth-order valence-electron chi connectivity index (χ4n) is 1.60. The van der Waals surface area contributed by atoms with Crippen molar-refractivity contribution in [3.63, 3.8) is 0 Å². The topological polar surface area (TPSA) is 41.5 Å². The molecule has 0 spiro atoms. The molecule has 0 heterocycles. The smallest absolute Gasteiger partial charge is 0.250 e. The summed E-state index contributed by atoms with van der Waals surface area (Å²) in [5.74, 6) is 1.04. The van der Waals surface area contributed by atoms with Crippen molar-refractivity contribution >= 4 is 51.4 Å². The number of hydrazone groups is 1. The van der Waals surface area contributed by atoms with Gasteiger partial charge >= 0.3 is 0 Å². The van der Waals surface area contributed by atoms with Crippen molar-refractivity contribution in [2.45, 2.75) is 5.75 Å². The molecule has 114 valence electrons. The molecule has 2 aromatic rings. The van der Waals surface area contributed by atoms with Crippen LogP contribution in [0.25, 0.3) is 0 Å². The molecule has 0 aliphatic carbocycles. The highest BCUT2D eigenvalue weighted by atomic mass is 79.9. The van der Waals surface area contributed by atoms with Crippen LogP contribution < -0.4 is 5.43 Å². The molecule has 0 radical (unpaired) electrons. The number of carbonyl (C=O) groups excluding carboxylic acids is 1. The Bertz CT molecular complexity index is 644. The number of nitrogens with one attached hydrogen (secondary N) is 1. The van der Waals surface area contributed by atoms with Gasteiger partial charge in [-0.1, -0.05) is 51.8 Å². The number of nitrogens with zero attached hydrogens (tertiary/aromatic N) is 1. The first-order chi connectivity index (χ1) is 10.6. The fourth-order valence-corrected chi connectivity index (χ4v) is 2.77. The Morgan fingerprint density at radius 3 is 2.55 bits per heavy atom. The summed E-state index contributed by atoms with van der Waals surface area (Å²) < 4.78 is 1.05. The zero-order chi connectivity index (χ0) is 15.8. The molecule has 0 saturated carbocycles. The minimum absolute atomic E-state index is 0.118. The van der Waals surface area contributed by atoms with E-state index in [1.807, 2.05) is 36.4 Å². The highest BCUT2D eigenvalue weighted by molar-refractivity contribution is 9.10. The van der Waals surface area contributed by atoms with Gasteiger partial charge in [0.05, 0.1) is 12.0 Å². The lowest BCUT2D eigenvalue weighted by Gasteiger charge is -2.02. The molecule has 0 fully saturated rings. The number of carbonyl (C=O) groups is 1. The molecule has 0 aliphatic heterocycles. The summed E-state index contributed by atoms with van der Waals surface area (Å²) in [6.45, 7) is 0. The van der Waals surface area contributed by atoms with E-state index in [2.05, 4.69) is 26.5 Å². The van der Waals surface area contributed by atoms with Crippen molar-refractivity contribution in [1.29, 1.82) is 0 Å². The monoisotopic (exact) mass is 396 g/mol. The summed E-state index contributed by atoms with van der Waals surface area (Å²) in [7, 11) is 0. The van der Waals surface area contributed by atoms with Gasteiger partial charge in [0.25, 0.3) is 0 Å². The van der Waals surface area contributed by atoms with E-state index in [1.165, 1.54) is 5.56 Å². The SMILES string of the molecule is O=C(CSCc1ccc(Br)cc1)N/N=C/c1ccc(Cl)cc1. The molecule has 1 amide bonds. The first-order valence-electron chi connectivity index (χ1n) is 6.53. The van der Waals surface area contributed by atoms with E-state index >= 15 is 0 Å². The average Bonchev–Trinajstić information content (AvgIpc) is 2.51. The summed E-state index contributed by atoms with van der Waals surface area (Å²) in [5, 5.41) is 4.59. The van der Waals surface area contributed by atoms with Crippen LogP contribution >= 0.6 is 39.3 Å². The van der Waals surface area contributed by atoms with Gasteiger partial charge < -0.3 is 0 Å². The standard InChI is InChI=1S/C16H14BrClN2OS/c17-14-5-1-13(2-6-14)10-22-11-16(21)20-19-9-12-3-7-15(18)8-4-12/h1-9H,10-11H2,(H,20,21)/b19-9+. The predicted octanol–water partition coefficient (Wildman–Crippen LogP) is 4.49. The second-order valence-electron chi connectivity index (χ2n) is 4.46. The lowest BCUT2D eigenvalue weighted by Crippen LogP contribution is -2.19. The Labute approximate surface area is 147 Å². The maximum absolute atomic E-state index is 11.7. The highest BCUT2D eigenvalue weighted by Gasteiger charge is 2.00. The van der Waals surface area contributed by atoms with Crippen molar-refractivity contribution in [2.24, 2.45) is 5.10 Å². The molecule has 1 N–H and O–H groups in total. The highest BCUT2D eigenvalue weighted by Crippen LogP contribution is 2.15. The third-order valence-electron chi connectivity index (χ3n) is 2.69. The average molecular weight is 398 g/mol. The summed E-state index contributed by atoms with van der Waals surface area (Å²) >= 11 is 10.7. The lowest BCUT2D eigenvalue weighted by molar-refractivity contribution is -0.118. The number of benzene rings is 2. The quantitative estimate of drug-likeness (QED) is 0.576. The lowest BCUT2D eigenvalue weighted by atomic mass is 10.2. The van der Waals surface area contributed by atoms with Crippen LogP contribution in [0.1, 0.15) is 11.1 Å². The maximum atomic E-state index is 11.7. The fraction of sp³-hybridized carbons (Fsp3) is 0.125. The summed E-state index contributed by atoms with van der Waals surface area (Å²) in [6, 6.07) is 15.3. The van der Waals surface area contributed by atoms with Crippen LogP contribution in [-0.4, -0.2) is 17.9 Å². The van der Waals surface area contributed by atoms with Crippen molar-refractivity contribution < 1.29 is 4.79 Å². The summed E-state index contributed by atoms with van der Waals surface area (Å²) in [5.41, 5.74) is 4.58. The molecule has 0 bridgehead atoms. The Hall–Kier alpha value is -1.30. The largest absolute Gasteiger partial charge is 0.272 e. The number of hydrogen-bond donors (Lipinski definition) is 1.